The minimum atomic E-state index is -0.103. The minimum Gasteiger partial charge on any atom is -0.352 e. The Hall–Kier alpha value is -2.81. The van der Waals surface area contributed by atoms with Crippen LogP contribution in [0.1, 0.15) is 50.0 Å². The van der Waals surface area contributed by atoms with Crippen LogP contribution in [0.25, 0.3) is 10.2 Å². The standard InChI is InChI=1S/C21H26N6O2S/c1-12-17-13(2)24-14(3)25-20(17)30-18(12)21(29)27-7-5-15(6-8-27)9-22-19(28)16-10-23-26(4)11-16/h10-11,15H,5-9H2,1-4H3,(H,22,28). The molecule has 0 unspecified atom stereocenters. The predicted molar refractivity (Wildman–Crippen MR) is 116 cm³/mol. The van der Waals surface area contributed by atoms with Crippen molar-refractivity contribution in [3.63, 3.8) is 0 Å². The van der Waals surface area contributed by atoms with E-state index >= 15 is 0 Å². The summed E-state index contributed by atoms with van der Waals surface area (Å²) in [4.78, 5) is 37.9. The van der Waals surface area contributed by atoms with Gasteiger partial charge in [0.15, 0.2) is 0 Å². The Kier molecular flexibility index (Phi) is 5.55. The van der Waals surface area contributed by atoms with E-state index in [0.29, 0.717) is 31.1 Å². The molecular formula is C21H26N6O2S. The van der Waals surface area contributed by atoms with Crippen molar-refractivity contribution < 1.29 is 9.59 Å². The van der Waals surface area contributed by atoms with E-state index in [1.54, 1.807) is 24.1 Å². The van der Waals surface area contributed by atoms with E-state index in [9.17, 15) is 9.59 Å². The lowest BCUT2D eigenvalue weighted by Gasteiger charge is -2.32. The highest BCUT2D eigenvalue weighted by atomic mass is 32.1. The molecule has 0 aliphatic carbocycles. The van der Waals surface area contributed by atoms with Crippen molar-refractivity contribution in [3.8, 4) is 0 Å². The van der Waals surface area contributed by atoms with E-state index in [2.05, 4.69) is 20.4 Å². The molecule has 0 bridgehead atoms. The van der Waals surface area contributed by atoms with Gasteiger partial charge in [0.1, 0.15) is 10.7 Å². The number of aryl methyl sites for hydroxylation is 4. The van der Waals surface area contributed by atoms with Crippen LogP contribution in [0.4, 0.5) is 0 Å². The number of carbonyl (C=O) groups excluding carboxylic acids is 2. The van der Waals surface area contributed by atoms with Gasteiger partial charge in [0.05, 0.1) is 16.6 Å². The number of piperidine rings is 1. The fraction of sp³-hybridized carbons (Fsp3) is 0.476. The molecule has 3 aromatic heterocycles. The average molecular weight is 427 g/mol. The van der Waals surface area contributed by atoms with Gasteiger partial charge in [-0.15, -0.1) is 11.3 Å². The van der Waals surface area contributed by atoms with Crippen molar-refractivity contribution in [3.05, 3.63) is 39.9 Å². The van der Waals surface area contributed by atoms with Gasteiger partial charge < -0.3 is 10.2 Å². The normalized spacial score (nSPS) is 15.0. The molecule has 0 spiro atoms. The van der Waals surface area contributed by atoms with Gasteiger partial charge in [-0.2, -0.15) is 5.10 Å². The molecule has 1 N–H and O–H groups in total. The van der Waals surface area contributed by atoms with E-state index in [1.165, 1.54) is 11.3 Å². The van der Waals surface area contributed by atoms with Crippen LogP contribution in [0.2, 0.25) is 0 Å². The molecule has 4 rings (SSSR count). The molecule has 3 aromatic rings. The molecule has 158 valence electrons. The second-order valence-corrected chi connectivity index (χ2v) is 8.94. The molecule has 8 nitrogen and oxygen atoms in total. The first-order chi connectivity index (χ1) is 14.3. The molecule has 4 heterocycles. The van der Waals surface area contributed by atoms with Gasteiger partial charge >= 0.3 is 0 Å². The topological polar surface area (TPSA) is 93.0 Å². The van der Waals surface area contributed by atoms with Crippen molar-refractivity contribution in [2.75, 3.05) is 19.6 Å². The first-order valence-electron chi connectivity index (χ1n) is 10.1. The number of likely N-dealkylation sites (tertiary alicyclic amines) is 1. The monoisotopic (exact) mass is 426 g/mol. The zero-order valence-corrected chi connectivity index (χ0v) is 18.5. The Bertz CT molecular complexity index is 1110. The van der Waals surface area contributed by atoms with Crippen LogP contribution < -0.4 is 5.32 Å². The van der Waals surface area contributed by atoms with E-state index in [-0.39, 0.29) is 11.8 Å². The van der Waals surface area contributed by atoms with Gasteiger partial charge in [0.25, 0.3) is 11.8 Å². The van der Waals surface area contributed by atoms with Crippen LogP contribution in [-0.2, 0) is 7.05 Å². The molecule has 1 aliphatic heterocycles. The summed E-state index contributed by atoms with van der Waals surface area (Å²) in [7, 11) is 1.79. The number of fused-ring (bicyclic) bond motifs is 1. The zero-order valence-electron chi connectivity index (χ0n) is 17.7. The van der Waals surface area contributed by atoms with E-state index in [0.717, 1.165) is 45.0 Å². The van der Waals surface area contributed by atoms with Gasteiger partial charge in [-0.25, -0.2) is 9.97 Å². The molecule has 0 atom stereocenters. The maximum absolute atomic E-state index is 13.2. The second-order valence-electron chi connectivity index (χ2n) is 7.94. The predicted octanol–water partition coefficient (Wildman–Crippen LogP) is 2.63. The molecule has 0 saturated carbocycles. The lowest BCUT2D eigenvalue weighted by molar-refractivity contribution is 0.0688. The summed E-state index contributed by atoms with van der Waals surface area (Å²) in [5, 5.41) is 8.02. The molecule has 2 amide bonds. The summed E-state index contributed by atoms with van der Waals surface area (Å²) in [6, 6.07) is 0. The Morgan fingerprint density at radius 3 is 2.60 bits per heavy atom. The highest BCUT2D eigenvalue weighted by Crippen LogP contribution is 2.32. The zero-order chi connectivity index (χ0) is 21.4. The van der Waals surface area contributed by atoms with E-state index in [4.69, 9.17) is 0 Å². The van der Waals surface area contributed by atoms with Gasteiger partial charge in [-0.1, -0.05) is 0 Å². The summed E-state index contributed by atoms with van der Waals surface area (Å²) in [6.45, 7) is 7.84. The second kappa shape index (κ2) is 8.14. The number of amides is 2. The molecule has 1 aliphatic rings. The Morgan fingerprint density at radius 1 is 1.20 bits per heavy atom. The maximum Gasteiger partial charge on any atom is 0.264 e. The number of carbonyl (C=O) groups is 2. The Labute approximate surface area is 179 Å². The highest BCUT2D eigenvalue weighted by molar-refractivity contribution is 7.20. The fourth-order valence-corrected chi connectivity index (χ4v) is 5.28. The first-order valence-corrected chi connectivity index (χ1v) is 11.0. The number of aromatic nitrogens is 4. The third-order valence-electron chi connectivity index (χ3n) is 5.70. The van der Waals surface area contributed by atoms with Gasteiger partial charge in [0.2, 0.25) is 0 Å². The van der Waals surface area contributed by atoms with Crippen molar-refractivity contribution in [1.82, 2.24) is 30.0 Å². The van der Waals surface area contributed by atoms with Crippen molar-refractivity contribution in [2.24, 2.45) is 13.0 Å². The van der Waals surface area contributed by atoms with Crippen molar-refractivity contribution >= 4 is 33.4 Å². The molecule has 0 aromatic carbocycles. The number of rotatable bonds is 4. The van der Waals surface area contributed by atoms with E-state index in [1.807, 2.05) is 25.7 Å². The number of hydrogen-bond acceptors (Lipinski definition) is 6. The largest absolute Gasteiger partial charge is 0.352 e. The first kappa shape index (κ1) is 20.5. The van der Waals surface area contributed by atoms with Crippen molar-refractivity contribution in [2.45, 2.75) is 33.6 Å². The van der Waals surface area contributed by atoms with Crippen molar-refractivity contribution in [1.29, 1.82) is 0 Å². The maximum atomic E-state index is 13.2. The average Bonchev–Trinajstić information content (AvgIpc) is 3.29. The van der Waals surface area contributed by atoms with Gasteiger partial charge in [-0.3, -0.25) is 14.3 Å². The fourth-order valence-electron chi connectivity index (χ4n) is 4.04. The minimum absolute atomic E-state index is 0.0744. The smallest absolute Gasteiger partial charge is 0.264 e. The summed E-state index contributed by atoms with van der Waals surface area (Å²) >= 11 is 1.46. The van der Waals surface area contributed by atoms with Crippen LogP contribution in [-0.4, -0.2) is 56.1 Å². The molecule has 1 saturated heterocycles. The quantitative estimate of drug-likeness (QED) is 0.692. The lowest BCUT2D eigenvalue weighted by atomic mass is 9.96. The van der Waals surface area contributed by atoms with Crippen LogP contribution in [0.3, 0.4) is 0 Å². The molecule has 0 radical (unpaired) electrons. The number of nitrogens with one attached hydrogen (secondary N) is 1. The molecule has 9 heteroatoms. The Balaban J connectivity index is 1.37. The summed E-state index contributed by atoms with van der Waals surface area (Å²) < 4.78 is 1.61. The summed E-state index contributed by atoms with van der Waals surface area (Å²) in [5.41, 5.74) is 2.47. The van der Waals surface area contributed by atoms with Crippen LogP contribution in [0, 0.1) is 26.7 Å². The van der Waals surface area contributed by atoms with Gasteiger partial charge in [-0.05, 0) is 45.1 Å². The number of thiophene rings is 1. The molecule has 1 fully saturated rings. The van der Waals surface area contributed by atoms with Crippen LogP contribution in [0.5, 0.6) is 0 Å². The summed E-state index contributed by atoms with van der Waals surface area (Å²) in [5.74, 6) is 1.07. The SMILES string of the molecule is Cc1nc(C)c2c(C)c(C(=O)N3CCC(CNC(=O)c4cnn(C)c4)CC3)sc2n1. The number of hydrogen-bond donors (Lipinski definition) is 1. The summed E-state index contributed by atoms with van der Waals surface area (Å²) in [6.07, 6.45) is 5.02. The lowest BCUT2D eigenvalue weighted by Crippen LogP contribution is -2.41. The van der Waals surface area contributed by atoms with Crippen LogP contribution >= 0.6 is 11.3 Å². The molecular weight excluding hydrogens is 400 g/mol. The third kappa shape index (κ3) is 3.94. The highest BCUT2D eigenvalue weighted by Gasteiger charge is 2.27. The number of nitrogens with zero attached hydrogens (tertiary/aromatic N) is 5. The van der Waals surface area contributed by atoms with Gasteiger partial charge in [0, 0.05) is 44.0 Å². The van der Waals surface area contributed by atoms with E-state index < -0.39 is 0 Å². The molecule has 30 heavy (non-hydrogen) atoms. The third-order valence-corrected chi connectivity index (χ3v) is 6.87. The Morgan fingerprint density at radius 2 is 1.93 bits per heavy atom. The van der Waals surface area contributed by atoms with Crippen LogP contribution in [0.15, 0.2) is 12.4 Å².